The Morgan fingerprint density at radius 3 is 2.27 bits per heavy atom. The molecule has 0 unspecified atom stereocenters. The topological polar surface area (TPSA) is 40.6 Å². The molecule has 0 aliphatic carbocycles. The molecule has 0 N–H and O–H groups in total. The van der Waals surface area contributed by atoms with Gasteiger partial charge >= 0.3 is 0 Å². The number of benzene rings is 1. The lowest BCUT2D eigenvalue weighted by molar-refractivity contribution is -0.133. The highest BCUT2D eigenvalue weighted by molar-refractivity contribution is 5.94. The Kier molecular flexibility index (Phi) is 5.16. The highest BCUT2D eigenvalue weighted by Gasteiger charge is 2.25. The molecule has 1 aromatic rings. The first-order valence-corrected chi connectivity index (χ1v) is 7.71. The van der Waals surface area contributed by atoms with Crippen LogP contribution in [0.4, 0.5) is 4.39 Å². The molecular formula is C17H23FN2O2. The number of carbonyl (C=O) groups is 2. The quantitative estimate of drug-likeness (QED) is 0.861. The van der Waals surface area contributed by atoms with Gasteiger partial charge in [0.05, 0.1) is 0 Å². The number of carbonyl (C=O) groups excluding carboxylic acids is 2. The molecular weight excluding hydrogens is 283 g/mol. The summed E-state index contributed by atoms with van der Waals surface area (Å²) in [4.78, 5) is 28.0. The summed E-state index contributed by atoms with van der Waals surface area (Å²) in [6.07, 6.45) is 0.547. The van der Waals surface area contributed by atoms with E-state index in [1.807, 2.05) is 18.7 Å². The summed E-state index contributed by atoms with van der Waals surface area (Å²) in [5.41, 5.74) is 0.970. The number of amides is 2. The number of hydrogen-bond acceptors (Lipinski definition) is 2. The van der Waals surface area contributed by atoms with Gasteiger partial charge in [-0.25, -0.2) is 4.39 Å². The molecule has 0 saturated carbocycles. The molecule has 4 nitrogen and oxygen atoms in total. The van der Waals surface area contributed by atoms with Crippen LogP contribution in [0.3, 0.4) is 0 Å². The zero-order valence-corrected chi connectivity index (χ0v) is 13.4. The molecule has 0 spiro atoms. The van der Waals surface area contributed by atoms with Crippen molar-refractivity contribution in [3.05, 3.63) is 35.1 Å². The Morgan fingerprint density at radius 1 is 1.14 bits per heavy atom. The van der Waals surface area contributed by atoms with Gasteiger partial charge in [-0.3, -0.25) is 9.59 Å². The maximum Gasteiger partial charge on any atom is 0.253 e. The van der Waals surface area contributed by atoms with Gasteiger partial charge in [0, 0.05) is 38.2 Å². The van der Waals surface area contributed by atoms with E-state index < -0.39 is 0 Å². The minimum Gasteiger partial charge on any atom is -0.339 e. The fraction of sp³-hybridized carbons (Fsp3) is 0.529. The maximum absolute atomic E-state index is 13.3. The summed E-state index contributed by atoms with van der Waals surface area (Å²) in [5.74, 6) is 0.0915. The third kappa shape index (κ3) is 3.84. The first-order chi connectivity index (χ1) is 10.4. The van der Waals surface area contributed by atoms with E-state index in [1.54, 1.807) is 17.9 Å². The third-order valence-electron chi connectivity index (χ3n) is 3.91. The van der Waals surface area contributed by atoms with E-state index in [9.17, 15) is 14.0 Å². The van der Waals surface area contributed by atoms with Crippen molar-refractivity contribution in [1.82, 2.24) is 9.80 Å². The van der Waals surface area contributed by atoms with Gasteiger partial charge in [-0.2, -0.15) is 0 Å². The SMILES string of the molecule is Cc1cc(C(=O)N2CCN(C(=O)CC(C)C)CC2)ccc1F. The average molecular weight is 306 g/mol. The van der Waals surface area contributed by atoms with E-state index in [4.69, 9.17) is 0 Å². The second-order valence-corrected chi connectivity index (χ2v) is 6.23. The highest BCUT2D eigenvalue weighted by atomic mass is 19.1. The lowest BCUT2D eigenvalue weighted by Crippen LogP contribution is -2.50. The summed E-state index contributed by atoms with van der Waals surface area (Å²) in [6.45, 7) is 7.88. The molecule has 120 valence electrons. The van der Waals surface area contributed by atoms with Gasteiger partial charge in [0.25, 0.3) is 5.91 Å². The third-order valence-corrected chi connectivity index (χ3v) is 3.91. The van der Waals surface area contributed by atoms with Crippen molar-refractivity contribution in [2.24, 2.45) is 5.92 Å². The first-order valence-electron chi connectivity index (χ1n) is 7.71. The van der Waals surface area contributed by atoms with Crippen LogP contribution in [0.5, 0.6) is 0 Å². The molecule has 0 bridgehead atoms. The standard InChI is InChI=1S/C17H23FN2O2/c1-12(2)10-16(21)19-6-8-20(9-7-19)17(22)14-4-5-15(18)13(3)11-14/h4-5,11-12H,6-10H2,1-3H3. The Morgan fingerprint density at radius 2 is 1.73 bits per heavy atom. The number of aryl methyl sites for hydroxylation is 1. The van der Waals surface area contributed by atoms with Crippen LogP contribution >= 0.6 is 0 Å². The summed E-state index contributed by atoms with van der Waals surface area (Å²) < 4.78 is 13.3. The van der Waals surface area contributed by atoms with Crippen molar-refractivity contribution in [3.63, 3.8) is 0 Å². The lowest BCUT2D eigenvalue weighted by atomic mass is 10.1. The maximum atomic E-state index is 13.3. The van der Waals surface area contributed by atoms with E-state index in [0.717, 1.165) is 0 Å². The molecule has 1 aliphatic heterocycles. The highest BCUT2D eigenvalue weighted by Crippen LogP contribution is 2.14. The molecule has 1 aromatic carbocycles. The van der Waals surface area contributed by atoms with Crippen molar-refractivity contribution >= 4 is 11.8 Å². The Bertz CT molecular complexity index is 564. The van der Waals surface area contributed by atoms with Crippen LogP contribution in [-0.4, -0.2) is 47.8 Å². The number of rotatable bonds is 3. The van der Waals surface area contributed by atoms with Gasteiger partial charge in [-0.15, -0.1) is 0 Å². The zero-order chi connectivity index (χ0) is 16.3. The van der Waals surface area contributed by atoms with Gasteiger partial charge in [0.1, 0.15) is 5.82 Å². The Hall–Kier alpha value is -1.91. The normalized spacial score (nSPS) is 15.3. The Balaban J connectivity index is 1.95. The van der Waals surface area contributed by atoms with Crippen molar-refractivity contribution in [1.29, 1.82) is 0 Å². The predicted molar refractivity (Wildman–Crippen MR) is 83.1 cm³/mol. The fourth-order valence-electron chi connectivity index (χ4n) is 2.60. The van der Waals surface area contributed by atoms with Crippen molar-refractivity contribution in [2.75, 3.05) is 26.2 Å². The summed E-state index contributed by atoms with van der Waals surface area (Å²) in [6, 6.07) is 4.42. The molecule has 2 rings (SSSR count). The van der Waals surface area contributed by atoms with E-state index >= 15 is 0 Å². The second kappa shape index (κ2) is 6.90. The first kappa shape index (κ1) is 16.5. The molecule has 0 radical (unpaired) electrons. The van der Waals surface area contributed by atoms with Crippen LogP contribution in [0, 0.1) is 18.7 Å². The molecule has 5 heteroatoms. The molecule has 0 aromatic heterocycles. The van der Waals surface area contributed by atoms with Gasteiger partial charge < -0.3 is 9.80 Å². The van der Waals surface area contributed by atoms with E-state index in [2.05, 4.69) is 0 Å². The predicted octanol–water partition coefficient (Wildman–Crippen LogP) is 2.46. The molecule has 1 saturated heterocycles. The number of nitrogens with zero attached hydrogens (tertiary/aromatic N) is 2. The summed E-state index contributed by atoms with van der Waals surface area (Å²) >= 11 is 0. The summed E-state index contributed by atoms with van der Waals surface area (Å²) in [5, 5.41) is 0. The minimum absolute atomic E-state index is 0.0981. The van der Waals surface area contributed by atoms with Crippen molar-refractivity contribution < 1.29 is 14.0 Å². The molecule has 22 heavy (non-hydrogen) atoms. The van der Waals surface area contributed by atoms with Crippen molar-refractivity contribution in [3.8, 4) is 0 Å². The van der Waals surface area contributed by atoms with Crippen LogP contribution in [0.2, 0.25) is 0 Å². The number of halogens is 1. The molecule has 1 aliphatic rings. The second-order valence-electron chi connectivity index (χ2n) is 6.23. The van der Waals surface area contributed by atoms with Gasteiger partial charge in [0.2, 0.25) is 5.91 Å². The number of piperazine rings is 1. The smallest absolute Gasteiger partial charge is 0.253 e. The van der Waals surface area contributed by atoms with E-state index in [-0.39, 0.29) is 17.6 Å². The van der Waals surface area contributed by atoms with Crippen LogP contribution < -0.4 is 0 Å². The fourth-order valence-corrected chi connectivity index (χ4v) is 2.60. The van der Waals surface area contributed by atoms with Crippen LogP contribution in [0.15, 0.2) is 18.2 Å². The molecule has 0 atom stereocenters. The van der Waals surface area contributed by atoms with Crippen LogP contribution in [0.1, 0.15) is 36.2 Å². The average Bonchev–Trinajstić information content (AvgIpc) is 2.49. The van der Waals surface area contributed by atoms with E-state index in [0.29, 0.717) is 49.6 Å². The lowest BCUT2D eigenvalue weighted by Gasteiger charge is -2.35. The Labute approximate surface area is 130 Å². The van der Waals surface area contributed by atoms with Gasteiger partial charge in [-0.1, -0.05) is 13.8 Å². The van der Waals surface area contributed by atoms with E-state index in [1.165, 1.54) is 12.1 Å². The van der Waals surface area contributed by atoms with Crippen LogP contribution in [0.25, 0.3) is 0 Å². The van der Waals surface area contributed by atoms with Crippen LogP contribution in [-0.2, 0) is 4.79 Å². The monoisotopic (exact) mass is 306 g/mol. The van der Waals surface area contributed by atoms with Gasteiger partial charge in [-0.05, 0) is 36.6 Å². The minimum atomic E-state index is -0.305. The molecule has 1 heterocycles. The van der Waals surface area contributed by atoms with Crippen molar-refractivity contribution in [2.45, 2.75) is 27.2 Å². The summed E-state index contributed by atoms with van der Waals surface area (Å²) in [7, 11) is 0. The molecule has 2 amide bonds. The largest absolute Gasteiger partial charge is 0.339 e. The zero-order valence-electron chi connectivity index (χ0n) is 13.4. The molecule has 1 fully saturated rings. The van der Waals surface area contributed by atoms with Gasteiger partial charge in [0.15, 0.2) is 0 Å². The number of hydrogen-bond donors (Lipinski definition) is 0.